The second kappa shape index (κ2) is 6.71. The molecule has 0 aliphatic carbocycles. The maximum atomic E-state index is 12.4. The molecule has 1 aromatic heterocycles. The Morgan fingerprint density at radius 2 is 1.95 bits per heavy atom. The number of nitrogens with one attached hydrogen (secondary N) is 2. The summed E-state index contributed by atoms with van der Waals surface area (Å²) in [7, 11) is 0. The molecule has 2 aromatic rings. The van der Waals surface area contributed by atoms with Crippen LogP contribution in [0.25, 0.3) is 0 Å². The number of halogens is 3. The predicted octanol–water partition coefficient (Wildman–Crippen LogP) is 2.41. The molecule has 1 atom stereocenters. The first kappa shape index (κ1) is 16.2. The van der Waals surface area contributed by atoms with Crippen molar-refractivity contribution in [3.63, 3.8) is 0 Å². The van der Waals surface area contributed by atoms with E-state index in [1.807, 2.05) is 0 Å². The van der Waals surface area contributed by atoms with Crippen LogP contribution in [0.15, 0.2) is 30.3 Å². The maximum Gasteiger partial charge on any atom is 0.445 e. The van der Waals surface area contributed by atoms with Gasteiger partial charge in [-0.05, 0) is 5.56 Å². The van der Waals surface area contributed by atoms with Crippen molar-refractivity contribution in [3.05, 3.63) is 40.9 Å². The van der Waals surface area contributed by atoms with E-state index in [2.05, 4.69) is 20.8 Å². The van der Waals surface area contributed by atoms with Crippen LogP contribution in [0.5, 0.6) is 0 Å². The number of rotatable bonds is 4. The van der Waals surface area contributed by atoms with Gasteiger partial charge < -0.3 is 10.4 Å². The van der Waals surface area contributed by atoms with Crippen molar-refractivity contribution >= 4 is 22.5 Å². The number of hydrogen-bond donors (Lipinski definition) is 3. The first-order valence-corrected chi connectivity index (χ1v) is 6.86. The van der Waals surface area contributed by atoms with Gasteiger partial charge in [0, 0.05) is 0 Å². The molecule has 0 aliphatic heterocycles. The van der Waals surface area contributed by atoms with Gasteiger partial charge in [0.1, 0.15) is 0 Å². The molecule has 0 bridgehead atoms. The second-order valence-electron chi connectivity index (χ2n) is 4.15. The molecule has 2 amide bonds. The lowest BCUT2D eigenvalue weighted by atomic mass is 10.1. The van der Waals surface area contributed by atoms with E-state index in [0.717, 1.165) is 0 Å². The fraction of sp³-hybridized carbons (Fsp3) is 0.250. The van der Waals surface area contributed by atoms with Crippen molar-refractivity contribution in [1.82, 2.24) is 15.5 Å². The van der Waals surface area contributed by atoms with Gasteiger partial charge in [0.05, 0.1) is 12.6 Å². The van der Waals surface area contributed by atoms with Gasteiger partial charge in [-0.2, -0.15) is 13.2 Å². The molecule has 3 N–H and O–H groups in total. The number of alkyl halides is 3. The Morgan fingerprint density at radius 3 is 2.50 bits per heavy atom. The fourth-order valence-electron chi connectivity index (χ4n) is 1.60. The van der Waals surface area contributed by atoms with Gasteiger partial charge in [-0.3, -0.25) is 5.32 Å². The lowest BCUT2D eigenvalue weighted by Crippen LogP contribution is -2.34. The Morgan fingerprint density at radius 1 is 1.27 bits per heavy atom. The highest BCUT2D eigenvalue weighted by Crippen LogP contribution is 2.32. The standard InChI is InChI=1S/C12H11F3N4O2S/c13-12(14,15)9-18-19-11(22-9)17-10(21)16-8(6-20)7-4-2-1-3-5-7/h1-5,8,20H,6H2,(H2,16,17,19,21). The normalized spacial score (nSPS) is 12.7. The number of anilines is 1. The van der Waals surface area contributed by atoms with Crippen LogP contribution in [0.1, 0.15) is 16.6 Å². The summed E-state index contributed by atoms with van der Waals surface area (Å²) < 4.78 is 37.1. The van der Waals surface area contributed by atoms with E-state index in [0.29, 0.717) is 5.56 Å². The molecule has 0 fully saturated rings. The molecule has 1 unspecified atom stereocenters. The van der Waals surface area contributed by atoms with Gasteiger partial charge in [-0.1, -0.05) is 41.7 Å². The van der Waals surface area contributed by atoms with Crippen molar-refractivity contribution in [2.24, 2.45) is 0 Å². The van der Waals surface area contributed by atoms with Crippen LogP contribution in [0, 0.1) is 0 Å². The molecule has 10 heteroatoms. The molecule has 1 aromatic carbocycles. The first-order valence-electron chi connectivity index (χ1n) is 6.04. The quantitative estimate of drug-likeness (QED) is 0.802. The number of amides is 2. The molecular weight excluding hydrogens is 321 g/mol. The van der Waals surface area contributed by atoms with E-state index in [1.54, 1.807) is 30.3 Å². The molecule has 6 nitrogen and oxygen atoms in total. The minimum Gasteiger partial charge on any atom is -0.394 e. The average molecular weight is 332 g/mol. The summed E-state index contributed by atoms with van der Waals surface area (Å²) in [6.45, 7) is -0.360. The third-order valence-electron chi connectivity index (χ3n) is 2.58. The number of carbonyl (C=O) groups is 1. The Kier molecular flexibility index (Phi) is 4.93. The highest BCUT2D eigenvalue weighted by Gasteiger charge is 2.35. The third kappa shape index (κ3) is 4.15. The van der Waals surface area contributed by atoms with Gasteiger partial charge in [-0.25, -0.2) is 4.79 Å². The van der Waals surface area contributed by atoms with Gasteiger partial charge in [-0.15, -0.1) is 10.2 Å². The second-order valence-corrected chi connectivity index (χ2v) is 5.13. The fourth-order valence-corrected chi connectivity index (χ4v) is 2.21. The molecule has 1 heterocycles. The first-order chi connectivity index (χ1) is 10.4. The Hall–Kier alpha value is -2.20. The number of carbonyl (C=O) groups excluding carboxylic acids is 1. The highest BCUT2D eigenvalue weighted by atomic mass is 32.1. The summed E-state index contributed by atoms with van der Waals surface area (Å²) in [6.07, 6.45) is -4.61. The highest BCUT2D eigenvalue weighted by molar-refractivity contribution is 7.15. The topological polar surface area (TPSA) is 87.1 Å². The molecule has 0 saturated carbocycles. The monoisotopic (exact) mass is 332 g/mol. The Labute approximate surface area is 127 Å². The average Bonchev–Trinajstić information content (AvgIpc) is 2.94. The van der Waals surface area contributed by atoms with E-state index < -0.39 is 23.3 Å². The van der Waals surface area contributed by atoms with Crippen LogP contribution >= 0.6 is 11.3 Å². The zero-order chi connectivity index (χ0) is 16.2. The van der Waals surface area contributed by atoms with Crippen LogP contribution in [-0.2, 0) is 6.18 Å². The number of hydrogen-bond acceptors (Lipinski definition) is 5. The van der Waals surface area contributed by atoms with Crippen LogP contribution in [-0.4, -0.2) is 27.9 Å². The molecular formula is C12H11F3N4O2S. The van der Waals surface area contributed by atoms with Crippen LogP contribution in [0.4, 0.5) is 23.1 Å². The van der Waals surface area contributed by atoms with Gasteiger partial charge in [0.15, 0.2) is 0 Å². The van der Waals surface area contributed by atoms with E-state index in [9.17, 15) is 23.1 Å². The molecule has 22 heavy (non-hydrogen) atoms. The molecule has 2 rings (SSSR count). The largest absolute Gasteiger partial charge is 0.445 e. The number of urea groups is 1. The lowest BCUT2D eigenvalue weighted by Gasteiger charge is -2.16. The van der Waals surface area contributed by atoms with Gasteiger partial charge in [0.2, 0.25) is 10.1 Å². The lowest BCUT2D eigenvalue weighted by molar-refractivity contribution is -0.138. The summed E-state index contributed by atoms with van der Waals surface area (Å²) in [5.74, 6) is 0. The predicted molar refractivity (Wildman–Crippen MR) is 73.3 cm³/mol. The van der Waals surface area contributed by atoms with Crippen LogP contribution in [0.2, 0.25) is 0 Å². The number of aliphatic hydroxyl groups is 1. The van der Waals surface area contributed by atoms with Crippen LogP contribution < -0.4 is 10.6 Å². The zero-order valence-electron chi connectivity index (χ0n) is 11.0. The van der Waals surface area contributed by atoms with Crippen molar-refractivity contribution < 1.29 is 23.1 Å². The summed E-state index contributed by atoms with van der Waals surface area (Å²) >= 11 is 0.217. The number of aromatic nitrogens is 2. The number of aliphatic hydroxyl groups excluding tert-OH is 1. The molecule has 118 valence electrons. The minimum atomic E-state index is -4.61. The number of nitrogens with zero attached hydrogens (tertiary/aromatic N) is 2. The molecule has 0 radical (unpaired) electrons. The van der Waals surface area contributed by atoms with E-state index in [-0.39, 0.29) is 23.1 Å². The third-order valence-corrected chi connectivity index (χ3v) is 3.46. The Bertz CT molecular complexity index is 633. The van der Waals surface area contributed by atoms with E-state index >= 15 is 0 Å². The van der Waals surface area contributed by atoms with Crippen molar-refractivity contribution in [2.45, 2.75) is 12.2 Å². The zero-order valence-corrected chi connectivity index (χ0v) is 11.8. The van der Waals surface area contributed by atoms with Crippen LogP contribution in [0.3, 0.4) is 0 Å². The van der Waals surface area contributed by atoms with Gasteiger partial charge >= 0.3 is 12.2 Å². The van der Waals surface area contributed by atoms with E-state index in [1.165, 1.54) is 0 Å². The summed E-state index contributed by atoms with van der Waals surface area (Å²) in [6, 6.07) is 7.18. The summed E-state index contributed by atoms with van der Waals surface area (Å²) in [5.41, 5.74) is 0.661. The van der Waals surface area contributed by atoms with Crippen molar-refractivity contribution in [3.8, 4) is 0 Å². The smallest absolute Gasteiger partial charge is 0.394 e. The summed E-state index contributed by atoms with van der Waals surface area (Å²) in [4.78, 5) is 11.7. The molecule has 0 saturated heterocycles. The van der Waals surface area contributed by atoms with Crippen molar-refractivity contribution in [2.75, 3.05) is 11.9 Å². The van der Waals surface area contributed by atoms with Crippen molar-refractivity contribution in [1.29, 1.82) is 0 Å². The summed E-state index contributed by atoms with van der Waals surface area (Å²) in [5, 5.41) is 18.6. The van der Waals surface area contributed by atoms with E-state index in [4.69, 9.17) is 0 Å². The Balaban J connectivity index is 1.99. The SMILES string of the molecule is O=C(Nc1nnc(C(F)(F)F)s1)NC(CO)c1ccccc1. The van der Waals surface area contributed by atoms with Gasteiger partial charge in [0.25, 0.3) is 0 Å². The molecule has 0 aliphatic rings. The maximum absolute atomic E-state index is 12.4. The minimum absolute atomic E-state index is 0.217. The number of benzene rings is 1. The molecule has 0 spiro atoms.